The van der Waals surface area contributed by atoms with Crippen LogP contribution in [0.1, 0.15) is 81.1 Å². The smallest absolute Gasteiger partial charge is 0.308 e. The quantitative estimate of drug-likeness (QED) is 0.155. The maximum atomic E-state index is 13.7. The van der Waals surface area contributed by atoms with Crippen molar-refractivity contribution >= 4 is 30.0 Å². The zero-order chi connectivity index (χ0) is 45.0. The first-order valence-electron chi connectivity index (χ1n) is 20.8. The van der Waals surface area contributed by atoms with Gasteiger partial charge in [-0.2, -0.15) is 0 Å². The average molecular weight is 856 g/mol. The first kappa shape index (κ1) is 51.2. The van der Waals surface area contributed by atoms with E-state index in [1.165, 1.54) is 34.1 Å². The molecule has 0 radical (unpaired) electrons. The second kappa shape index (κ2) is 23.9. The Morgan fingerprint density at radius 3 is 2.07 bits per heavy atom. The Morgan fingerprint density at radius 1 is 0.883 bits per heavy atom. The van der Waals surface area contributed by atoms with E-state index in [1.54, 1.807) is 59.7 Å². The lowest BCUT2D eigenvalue weighted by Crippen LogP contribution is -2.65. The van der Waals surface area contributed by atoms with Gasteiger partial charge in [-0.15, -0.1) is 0 Å². The molecular weight excluding hydrogens is 786 g/mol. The number of carbonyl (C=O) groups excluding carboxylic acids is 5. The van der Waals surface area contributed by atoms with Crippen LogP contribution in [0.4, 0.5) is 0 Å². The predicted molar refractivity (Wildman–Crippen MR) is 215 cm³/mol. The highest BCUT2D eigenvalue weighted by Gasteiger charge is 2.52. The number of ether oxygens (including phenoxy) is 9. The standard InChI is InChI=1S/C43H69NO16/c1-13-33-30(21-54-42-41(53-12)40(52-11)36(51)25(5)55-42)18-22(2)14-15-31(48)23(3)19-29(16-17-45)37(24(4)32(49)20-34(50)59-33)60-43-39(58-28(8)47)35(44(9)10)38(26(6)56-43)57-27(7)46/h14-15,17-18,23-26,29-30,32-33,35-43,49,51H,13,16,19-21H2,1-12H3/b15-14+,22-18+/t23-,24+,25?,26?,29+,30-,32-,33-,35?,36+,37-,38+,39?,40+,41?,42-,43+/m1/s1. The number of hydrogen-bond acceptors (Lipinski definition) is 17. The summed E-state index contributed by atoms with van der Waals surface area (Å²) in [5.74, 6) is -4.86. The van der Waals surface area contributed by atoms with Gasteiger partial charge in [0.15, 0.2) is 24.5 Å². The Kier molecular flexibility index (Phi) is 20.4. The largest absolute Gasteiger partial charge is 0.462 e. The van der Waals surface area contributed by atoms with Gasteiger partial charge in [-0.1, -0.05) is 38.5 Å². The summed E-state index contributed by atoms with van der Waals surface area (Å²) in [6.07, 6.45) is -5.58. The number of allylic oxidation sites excluding steroid dienone is 3. The number of hydrogen-bond donors (Lipinski definition) is 2. The Bertz CT molecular complexity index is 1490. The molecule has 342 valence electrons. The highest BCUT2D eigenvalue weighted by atomic mass is 16.7. The van der Waals surface area contributed by atoms with Gasteiger partial charge in [-0.3, -0.25) is 24.1 Å². The third-order valence-electron chi connectivity index (χ3n) is 11.7. The third kappa shape index (κ3) is 13.7. The van der Waals surface area contributed by atoms with Gasteiger partial charge in [0.05, 0.1) is 43.5 Å². The van der Waals surface area contributed by atoms with Crippen molar-refractivity contribution in [2.75, 3.05) is 34.9 Å². The van der Waals surface area contributed by atoms with Crippen LogP contribution in [0.2, 0.25) is 0 Å². The SMILES string of the molecule is CC[C@H]1OC(=O)C[C@@H](O)[C@H](C)[C@@H](O[C@@H]2OC(C)[C@H](OC(C)=O)C(N(C)C)C2OC(C)=O)[C@@H](CC=O)C[C@@H](C)C(=O)/C=C/C(C)=C/[C@@H]1CO[C@@H]1OC(C)[C@H](O)[C@H](OC)C1OC. The molecule has 0 bridgehead atoms. The number of aldehydes is 1. The van der Waals surface area contributed by atoms with E-state index in [9.17, 15) is 34.2 Å². The Morgan fingerprint density at radius 2 is 1.50 bits per heavy atom. The molecule has 0 aromatic heterocycles. The maximum absolute atomic E-state index is 13.7. The number of aliphatic hydroxyl groups is 2. The molecule has 60 heavy (non-hydrogen) atoms. The Hall–Kier alpha value is -3.13. The van der Waals surface area contributed by atoms with E-state index in [4.69, 9.17) is 42.6 Å². The summed E-state index contributed by atoms with van der Waals surface area (Å²) in [5.41, 5.74) is 0.680. The van der Waals surface area contributed by atoms with Crippen molar-refractivity contribution in [3.05, 3.63) is 23.8 Å². The summed E-state index contributed by atoms with van der Waals surface area (Å²) in [6, 6.07) is -0.733. The average Bonchev–Trinajstić information content (AvgIpc) is 3.17. The van der Waals surface area contributed by atoms with Gasteiger partial charge in [-0.05, 0) is 59.7 Å². The van der Waals surface area contributed by atoms with Gasteiger partial charge in [0.2, 0.25) is 0 Å². The van der Waals surface area contributed by atoms with Crippen LogP contribution in [0.3, 0.4) is 0 Å². The number of methoxy groups -OCH3 is 2. The van der Waals surface area contributed by atoms with Crippen molar-refractivity contribution in [2.45, 2.75) is 161 Å². The van der Waals surface area contributed by atoms with Crippen molar-refractivity contribution in [2.24, 2.45) is 23.7 Å². The molecule has 3 aliphatic rings. The molecular formula is C43H69NO16. The molecule has 2 N–H and O–H groups in total. The number of likely N-dealkylation sites (N-methyl/N-ethyl adjacent to an activating group) is 1. The van der Waals surface area contributed by atoms with Crippen LogP contribution in [0, 0.1) is 23.7 Å². The minimum absolute atomic E-state index is 0.0110. The molecule has 0 aliphatic carbocycles. The van der Waals surface area contributed by atoms with E-state index in [0.717, 1.165) is 0 Å². The molecule has 0 saturated carbocycles. The number of nitrogens with zero attached hydrogens (tertiary/aromatic N) is 1. The van der Waals surface area contributed by atoms with Crippen LogP contribution in [0.25, 0.3) is 0 Å². The molecule has 0 amide bonds. The molecule has 17 atom stereocenters. The van der Waals surface area contributed by atoms with E-state index < -0.39 is 128 Å². The molecule has 2 fully saturated rings. The molecule has 5 unspecified atom stereocenters. The molecule has 0 aromatic carbocycles. The van der Waals surface area contributed by atoms with Crippen molar-refractivity contribution in [3.8, 4) is 0 Å². The normalized spacial score (nSPS) is 40.2. The lowest BCUT2D eigenvalue weighted by atomic mass is 9.79. The lowest BCUT2D eigenvalue weighted by Gasteiger charge is -2.48. The van der Waals surface area contributed by atoms with Gasteiger partial charge >= 0.3 is 17.9 Å². The van der Waals surface area contributed by atoms with Crippen LogP contribution >= 0.6 is 0 Å². The number of rotatable bonds is 13. The zero-order valence-corrected chi connectivity index (χ0v) is 37.2. The molecule has 2 saturated heterocycles. The molecule has 17 nitrogen and oxygen atoms in total. The summed E-state index contributed by atoms with van der Waals surface area (Å²) in [4.78, 5) is 66.1. The molecule has 3 rings (SSSR count). The van der Waals surface area contributed by atoms with Gasteiger partial charge in [0.25, 0.3) is 0 Å². The minimum Gasteiger partial charge on any atom is -0.462 e. The summed E-state index contributed by atoms with van der Waals surface area (Å²) < 4.78 is 53.8. The Labute approximate surface area is 354 Å². The van der Waals surface area contributed by atoms with Crippen LogP contribution in [-0.4, -0.2) is 160 Å². The van der Waals surface area contributed by atoms with Crippen LogP contribution in [-0.2, 0) is 66.6 Å². The maximum Gasteiger partial charge on any atom is 0.308 e. The van der Waals surface area contributed by atoms with Crippen LogP contribution in [0.15, 0.2) is 23.8 Å². The number of carbonyl (C=O) groups is 5. The summed E-state index contributed by atoms with van der Waals surface area (Å²) in [7, 11) is 6.38. The summed E-state index contributed by atoms with van der Waals surface area (Å²) in [6.45, 7) is 12.9. The van der Waals surface area contributed by atoms with E-state index in [1.807, 2.05) is 13.0 Å². The number of cyclic esters (lactones) is 1. The fourth-order valence-corrected chi connectivity index (χ4v) is 8.39. The van der Waals surface area contributed by atoms with Crippen molar-refractivity contribution in [1.82, 2.24) is 4.90 Å². The minimum atomic E-state index is -1.37. The monoisotopic (exact) mass is 855 g/mol. The van der Waals surface area contributed by atoms with Gasteiger partial charge < -0.3 is 57.6 Å². The predicted octanol–water partition coefficient (Wildman–Crippen LogP) is 2.70. The van der Waals surface area contributed by atoms with Crippen molar-refractivity contribution in [3.63, 3.8) is 0 Å². The van der Waals surface area contributed by atoms with Crippen LogP contribution < -0.4 is 0 Å². The fourth-order valence-electron chi connectivity index (χ4n) is 8.39. The summed E-state index contributed by atoms with van der Waals surface area (Å²) in [5, 5.41) is 22.4. The molecule has 0 aromatic rings. The van der Waals surface area contributed by atoms with Crippen molar-refractivity contribution < 1.29 is 76.8 Å². The van der Waals surface area contributed by atoms with Gasteiger partial charge in [0, 0.05) is 52.2 Å². The second-order valence-corrected chi connectivity index (χ2v) is 16.5. The van der Waals surface area contributed by atoms with E-state index in [0.29, 0.717) is 18.3 Å². The number of esters is 3. The third-order valence-corrected chi connectivity index (χ3v) is 11.7. The molecule has 17 heteroatoms. The molecule has 3 heterocycles. The first-order valence-corrected chi connectivity index (χ1v) is 20.8. The van der Waals surface area contributed by atoms with Gasteiger partial charge in [0.1, 0.15) is 36.8 Å². The lowest BCUT2D eigenvalue weighted by molar-refractivity contribution is -0.308. The highest BCUT2D eigenvalue weighted by Crippen LogP contribution is 2.36. The Balaban J connectivity index is 2.03. The molecule has 0 spiro atoms. The van der Waals surface area contributed by atoms with E-state index in [2.05, 4.69) is 0 Å². The first-order chi connectivity index (χ1) is 28.3. The summed E-state index contributed by atoms with van der Waals surface area (Å²) >= 11 is 0. The highest BCUT2D eigenvalue weighted by molar-refractivity contribution is 5.91. The zero-order valence-electron chi connectivity index (χ0n) is 37.2. The van der Waals surface area contributed by atoms with Crippen LogP contribution in [0.5, 0.6) is 0 Å². The number of aliphatic hydroxyl groups excluding tert-OH is 2. The topological polar surface area (TPSA) is 212 Å². The molecule has 3 aliphatic heterocycles. The fraction of sp³-hybridized carbons (Fsp3) is 0.791. The van der Waals surface area contributed by atoms with Gasteiger partial charge in [-0.25, -0.2) is 0 Å². The van der Waals surface area contributed by atoms with E-state index >= 15 is 0 Å². The number of ketones is 1. The second-order valence-electron chi connectivity index (χ2n) is 16.5. The van der Waals surface area contributed by atoms with Crippen molar-refractivity contribution in [1.29, 1.82) is 0 Å². The van der Waals surface area contributed by atoms with E-state index in [-0.39, 0.29) is 25.2 Å².